The largest absolute Gasteiger partial charge is 0.352 e. The van der Waals surface area contributed by atoms with Crippen molar-refractivity contribution in [3.8, 4) is 0 Å². The Morgan fingerprint density at radius 2 is 1.96 bits per heavy atom. The molecule has 0 aliphatic carbocycles. The summed E-state index contributed by atoms with van der Waals surface area (Å²) in [6, 6.07) is 7.31. The molecule has 0 spiro atoms. The van der Waals surface area contributed by atoms with E-state index in [0.717, 1.165) is 32.5 Å². The molecule has 1 aromatic rings. The second-order valence-electron chi connectivity index (χ2n) is 6.22. The molecule has 1 atom stereocenters. The summed E-state index contributed by atoms with van der Waals surface area (Å²) in [6.07, 6.45) is 1.84. The summed E-state index contributed by atoms with van der Waals surface area (Å²) in [6.45, 7) is 6.63. The van der Waals surface area contributed by atoms with Crippen LogP contribution in [0.25, 0.3) is 0 Å². The number of benzene rings is 1. The molecule has 6 nitrogen and oxygen atoms in total. The lowest BCUT2D eigenvalue weighted by atomic mass is 10.0. The van der Waals surface area contributed by atoms with E-state index in [1.807, 2.05) is 0 Å². The van der Waals surface area contributed by atoms with Gasteiger partial charge in [-0.2, -0.15) is 0 Å². The van der Waals surface area contributed by atoms with Crippen LogP contribution in [0.5, 0.6) is 0 Å². The molecular formula is C17H26N4O2. The number of primary amides is 1. The highest BCUT2D eigenvalue weighted by Gasteiger charge is 2.23. The number of likely N-dealkylation sites (tertiary alicyclic amines) is 1. The molecule has 1 heterocycles. The normalized spacial score (nSPS) is 17.5. The van der Waals surface area contributed by atoms with Gasteiger partial charge in [-0.25, -0.2) is 4.79 Å². The summed E-state index contributed by atoms with van der Waals surface area (Å²) < 4.78 is 0. The second kappa shape index (κ2) is 7.97. The molecule has 1 saturated heterocycles. The summed E-state index contributed by atoms with van der Waals surface area (Å²) in [5.41, 5.74) is 7.70. The summed E-state index contributed by atoms with van der Waals surface area (Å²) in [5.74, 6) is -0.179. The smallest absolute Gasteiger partial charge is 0.312 e. The summed E-state index contributed by atoms with van der Waals surface area (Å²) in [5, 5.41) is 5.38. The Bertz CT molecular complexity index is 553. The third-order valence-electron chi connectivity index (χ3n) is 4.34. The third-order valence-corrected chi connectivity index (χ3v) is 4.34. The summed E-state index contributed by atoms with van der Waals surface area (Å²) >= 11 is 0. The van der Waals surface area contributed by atoms with Crippen molar-refractivity contribution in [2.24, 2.45) is 5.73 Å². The van der Waals surface area contributed by atoms with E-state index >= 15 is 0 Å². The number of piperidine rings is 1. The van der Waals surface area contributed by atoms with Gasteiger partial charge in [0, 0.05) is 25.7 Å². The van der Waals surface area contributed by atoms with Crippen LogP contribution in [0.4, 0.5) is 4.79 Å². The van der Waals surface area contributed by atoms with Crippen molar-refractivity contribution >= 4 is 11.9 Å². The number of hydrogen-bond donors (Lipinski definition) is 3. The van der Waals surface area contributed by atoms with Crippen molar-refractivity contribution in [3.63, 3.8) is 0 Å². The van der Waals surface area contributed by atoms with Crippen LogP contribution in [-0.4, -0.2) is 42.0 Å². The van der Waals surface area contributed by atoms with Crippen LogP contribution in [0.15, 0.2) is 24.3 Å². The monoisotopic (exact) mass is 318 g/mol. The van der Waals surface area contributed by atoms with Gasteiger partial charge in [-0.15, -0.1) is 0 Å². The number of urea groups is 1. The van der Waals surface area contributed by atoms with Gasteiger partial charge in [-0.3, -0.25) is 9.69 Å². The standard InChI is InChI=1S/C17H26N4O2/c1-12-5-3-4-6-14(12)11-21-9-7-15(8-10-21)20-16(22)13(2)19-17(18)23/h3-6,13,15H,7-11H2,1-2H3,(H,20,22)(H3,18,19,23). The zero-order chi connectivity index (χ0) is 16.8. The van der Waals surface area contributed by atoms with Gasteiger partial charge in [-0.1, -0.05) is 24.3 Å². The first-order chi connectivity index (χ1) is 11.0. The van der Waals surface area contributed by atoms with Crippen molar-refractivity contribution < 1.29 is 9.59 Å². The molecule has 1 unspecified atom stereocenters. The Hall–Kier alpha value is -2.08. The Kier molecular flexibility index (Phi) is 5.98. The van der Waals surface area contributed by atoms with Crippen LogP contribution >= 0.6 is 0 Å². The predicted molar refractivity (Wildman–Crippen MR) is 89.8 cm³/mol. The molecule has 0 radical (unpaired) electrons. The lowest BCUT2D eigenvalue weighted by Gasteiger charge is -2.33. The highest BCUT2D eigenvalue weighted by Crippen LogP contribution is 2.16. The maximum Gasteiger partial charge on any atom is 0.312 e. The molecule has 0 bridgehead atoms. The van der Waals surface area contributed by atoms with Crippen LogP contribution in [0, 0.1) is 6.92 Å². The lowest BCUT2D eigenvalue weighted by molar-refractivity contribution is -0.123. The number of nitrogens with zero attached hydrogens (tertiary/aromatic N) is 1. The maximum absolute atomic E-state index is 12.0. The number of nitrogens with two attached hydrogens (primary N) is 1. The maximum atomic E-state index is 12.0. The Morgan fingerprint density at radius 1 is 1.30 bits per heavy atom. The lowest BCUT2D eigenvalue weighted by Crippen LogP contribution is -2.51. The first-order valence-corrected chi connectivity index (χ1v) is 8.09. The fourth-order valence-electron chi connectivity index (χ4n) is 2.87. The minimum Gasteiger partial charge on any atom is -0.352 e. The van der Waals surface area contributed by atoms with Crippen LogP contribution in [0.2, 0.25) is 0 Å². The second-order valence-corrected chi connectivity index (χ2v) is 6.22. The fourth-order valence-corrected chi connectivity index (χ4v) is 2.87. The Balaban J connectivity index is 1.77. The van der Waals surface area contributed by atoms with Gasteiger partial charge >= 0.3 is 6.03 Å². The van der Waals surface area contributed by atoms with E-state index in [2.05, 4.69) is 46.7 Å². The summed E-state index contributed by atoms with van der Waals surface area (Å²) in [7, 11) is 0. The Morgan fingerprint density at radius 3 is 2.57 bits per heavy atom. The minimum atomic E-state index is -0.680. The van der Waals surface area contributed by atoms with E-state index in [9.17, 15) is 9.59 Å². The van der Waals surface area contributed by atoms with Gasteiger partial charge in [0.25, 0.3) is 0 Å². The molecule has 126 valence electrons. The number of amides is 3. The van der Waals surface area contributed by atoms with Crippen molar-refractivity contribution in [1.82, 2.24) is 15.5 Å². The third kappa shape index (κ3) is 5.25. The van der Waals surface area contributed by atoms with Crippen LogP contribution in [0.3, 0.4) is 0 Å². The van der Waals surface area contributed by atoms with E-state index in [0.29, 0.717) is 0 Å². The molecule has 3 amide bonds. The van der Waals surface area contributed by atoms with E-state index in [1.54, 1.807) is 6.92 Å². The topological polar surface area (TPSA) is 87.5 Å². The van der Waals surface area contributed by atoms with E-state index in [4.69, 9.17) is 5.73 Å². The zero-order valence-corrected chi connectivity index (χ0v) is 13.8. The number of aryl methyl sites for hydroxylation is 1. The SMILES string of the molecule is Cc1ccccc1CN1CCC(NC(=O)C(C)NC(N)=O)CC1. The van der Waals surface area contributed by atoms with Crippen molar-refractivity contribution in [1.29, 1.82) is 0 Å². The zero-order valence-electron chi connectivity index (χ0n) is 13.8. The summed E-state index contributed by atoms with van der Waals surface area (Å²) in [4.78, 5) is 25.2. The molecule has 1 aliphatic rings. The van der Waals surface area contributed by atoms with Crippen LogP contribution < -0.4 is 16.4 Å². The van der Waals surface area contributed by atoms with Gasteiger partial charge in [0.15, 0.2) is 0 Å². The van der Waals surface area contributed by atoms with Gasteiger partial charge in [0.05, 0.1) is 0 Å². The van der Waals surface area contributed by atoms with E-state index in [-0.39, 0.29) is 11.9 Å². The molecule has 0 saturated carbocycles. The molecule has 1 aliphatic heterocycles. The van der Waals surface area contributed by atoms with Crippen molar-refractivity contribution in [2.45, 2.75) is 45.3 Å². The molecule has 2 rings (SSSR count). The molecule has 6 heteroatoms. The molecular weight excluding hydrogens is 292 g/mol. The molecule has 0 aromatic heterocycles. The first-order valence-electron chi connectivity index (χ1n) is 8.09. The van der Waals surface area contributed by atoms with Crippen LogP contribution in [0.1, 0.15) is 30.9 Å². The highest BCUT2D eigenvalue weighted by molar-refractivity contribution is 5.86. The number of carbonyl (C=O) groups excluding carboxylic acids is 2. The van der Waals surface area contributed by atoms with Crippen LogP contribution in [-0.2, 0) is 11.3 Å². The number of rotatable bonds is 5. The Labute approximate surface area is 137 Å². The van der Waals surface area contributed by atoms with E-state index in [1.165, 1.54) is 11.1 Å². The van der Waals surface area contributed by atoms with Gasteiger partial charge in [0.1, 0.15) is 6.04 Å². The van der Waals surface area contributed by atoms with Gasteiger partial charge in [0.2, 0.25) is 5.91 Å². The van der Waals surface area contributed by atoms with Gasteiger partial charge < -0.3 is 16.4 Å². The van der Waals surface area contributed by atoms with E-state index < -0.39 is 12.1 Å². The van der Waals surface area contributed by atoms with Crippen molar-refractivity contribution in [2.75, 3.05) is 13.1 Å². The highest BCUT2D eigenvalue weighted by atomic mass is 16.2. The molecule has 1 aromatic carbocycles. The fraction of sp³-hybridized carbons (Fsp3) is 0.529. The minimum absolute atomic E-state index is 0.160. The average Bonchev–Trinajstić information content (AvgIpc) is 2.50. The molecule has 4 N–H and O–H groups in total. The number of carbonyl (C=O) groups is 2. The van der Waals surface area contributed by atoms with Crippen molar-refractivity contribution in [3.05, 3.63) is 35.4 Å². The first kappa shape index (κ1) is 17.3. The number of hydrogen-bond acceptors (Lipinski definition) is 3. The van der Waals surface area contributed by atoms with Gasteiger partial charge in [-0.05, 0) is 37.8 Å². The average molecular weight is 318 g/mol. The number of nitrogens with one attached hydrogen (secondary N) is 2. The molecule has 1 fully saturated rings. The molecule has 23 heavy (non-hydrogen) atoms. The quantitative estimate of drug-likeness (QED) is 0.760. The predicted octanol–water partition coefficient (Wildman–Crippen LogP) is 1.13.